The van der Waals surface area contributed by atoms with E-state index in [0.29, 0.717) is 12.0 Å². The van der Waals surface area contributed by atoms with E-state index in [-0.39, 0.29) is 17.3 Å². The lowest BCUT2D eigenvalue weighted by molar-refractivity contribution is -0.200. The molecule has 0 aromatic rings. The number of likely N-dealkylation sites (N-methyl/N-ethyl adjacent to an activating group) is 1. The normalized spacial score (nSPS) is 31.3. The summed E-state index contributed by atoms with van der Waals surface area (Å²) in [7, 11) is 4.02. The lowest BCUT2D eigenvalue weighted by Gasteiger charge is -2.65. The number of ether oxygens (including phenoxy) is 1. The fourth-order valence-corrected chi connectivity index (χ4v) is 4.30. The van der Waals surface area contributed by atoms with Gasteiger partial charge in [-0.25, -0.2) is 0 Å². The van der Waals surface area contributed by atoms with Gasteiger partial charge in [0.2, 0.25) is 0 Å². The molecule has 3 unspecified atom stereocenters. The Kier molecular flexibility index (Phi) is 5.02. The van der Waals surface area contributed by atoms with E-state index in [4.69, 9.17) is 4.74 Å². The first kappa shape index (κ1) is 16.8. The van der Waals surface area contributed by atoms with Crippen molar-refractivity contribution in [1.29, 1.82) is 0 Å². The minimum Gasteiger partial charge on any atom is -0.464 e. The fraction of sp³-hybridized carbons (Fsp3) is 0.944. The maximum Gasteiger partial charge on any atom is 0.309 e. The lowest BCUT2D eigenvalue weighted by atomic mass is 9.39. The van der Waals surface area contributed by atoms with E-state index in [2.05, 4.69) is 25.7 Å². The average molecular weight is 295 g/mol. The molecule has 0 radical (unpaired) electrons. The van der Waals surface area contributed by atoms with Crippen molar-refractivity contribution in [3.63, 3.8) is 0 Å². The molecule has 122 valence electrons. The van der Waals surface area contributed by atoms with Crippen molar-refractivity contribution in [3.05, 3.63) is 0 Å². The second-order valence-electron chi connectivity index (χ2n) is 7.92. The van der Waals surface area contributed by atoms with E-state index in [0.717, 1.165) is 18.9 Å². The van der Waals surface area contributed by atoms with E-state index in [1.165, 1.54) is 32.1 Å². The largest absolute Gasteiger partial charge is 0.464 e. The summed E-state index contributed by atoms with van der Waals surface area (Å²) in [5, 5.41) is 0. The lowest BCUT2D eigenvalue weighted by Crippen LogP contribution is -2.61. The van der Waals surface area contributed by atoms with Gasteiger partial charge in [-0.3, -0.25) is 4.79 Å². The third-order valence-electron chi connectivity index (χ3n) is 6.52. The summed E-state index contributed by atoms with van der Waals surface area (Å²) in [4.78, 5) is 14.5. The number of hydrogen-bond acceptors (Lipinski definition) is 3. The van der Waals surface area contributed by atoms with Crippen LogP contribution in [0.25, 0.3) is 0 Å². The van der Waals surface area contributed by atoms with Crippen LogP contribution < -0.4 is 0 Å². The summed E-state index contributed by atoms with van der Waals surface area (Å²) in [5.74, 6) is 1.04. The molecule has 0 aliphatic heterocycles. The van der Waals surface area contributed by atoms with E-state index in [9.17, 15) is 4.79 Å². The molecule has 2 rings (SSSR count). The maximum absolute atomic E-state index is 12.4. The first-order valence-corrected chi connectivity index (χ1v) is 8.68. The van der Waals surface area contributed by atoms with Gasteiger partial charge in [0.15, 0.2) is 0 Å². The summed E-state index contributed by atoms with van der Waals surface area (Å²) < 4.78 is 5.54. The molecule has 2 aliphatic rings. The standard InChI is InChI=1S/C18H33NO2/c1-6-17(3,7-2)13-18-9-8-14(18)12-15(18)16(20)21-11-10-19(4)5/h14-15H,6-13H2,1-5H3. The maximum atomic E-state index is 12.4. The van der Waals surface area contributed by atoms with Crippen LogP contribution in [0.3, 0.4) is 0 Å². The smallest absolute Gasteiger partial charge is 0.309 e. The van der Waals surface area contributed by atoms with Crippen molar-refractivity contribution >= 4 is 5.97 Å². The zero-order chi connectivity index (χ0) is 15.7. The molecule has 3 atom stereocenters. The van der Waals surface area contributed by atoms with Crippen LogP contribution in [0.2, 0.25) is 0 Å². The van der Waals surface area contributed by atoms with Gasteiger partial charge in [-0.1, -0.05) is 33.6 Å². The van der Waals surface area contributed by atoms with Gasteiger partial charge in [-0.2, -0.15) is 0 Å². The van der Waals surface area contributed by atoms with E-state index < -0.39 is 0 Å². The number of esters is 1. The van der Waals surface area contributed by atoms with Gasteiger partial charge in [-0.15, -0.1) is 0 Å². The van der Waals surface area contributed by atoms with E-state index >= 15 is 0 Å². The van der Waals surface area contributed by atoms with Crippen molar-refractivity contribution in [2.75, 3.05) is 27.2 Å². The summed E-state index contributed by atoms with van der Waals surface area (Å²) in [6.45, 7) is 8.32. The highest BCUT2D eigenvalue weighted by molar-refractivity contribution is 5.75. The molecule has 3 heteroatoms. The zero-order valence-electron chi connectivity index (χ0n) is 14.6. The summed E-state index contributed by atoms with van der Waals surface area (Å²) >= 11 is 0. The van der Waals surface area contributed by atoms with Crippen LogP contribution >= 0.6 is 0 Å². The first-order chi connectivity index (χ1) is 9.87. The van der Waals surface area contributed by atoms with Crippen LogP contribution in [0, 0.1) is 22.7 Å². The second-order valence-corrected chi connectivity index (χ2v) is 7.92. The van der Waals surface area contributed by atoms with Crippen LogP contribution in [0.15, 0.2) is 0 Å². The van der Waals surface area contributed by atoms with Gasteiger partial charge < -0.3 is 9.64 Å². The average Bonchev–Trinajstić information content (AvgIpc) is 2.44. The number of fused-ring (bicyclic) bond motifs is 1. The number of hydrogen-bond donors (Lipinski definition) is 0. The Morgan fingerprint density at radius 2 is 2.00 bits per heavy atom. The SMILES string of the molecule is CCC(C)(CC)CC12CCC1CC2C(=O)OCCN(C)C. The van der Waals surface area contributed by atoms with Crippen LogP contribution in [-0.2, 0) is 9.53 Å². The highest BCUT2D eigenvalue weighted by Gasteiger charge is 2.64. The second kappa shape index (κ2) is 6.28. The molecule has 2 fully saturated rings. The minimum absolute atomic E-state index is 0.0716. The molecule has 0 amide bonds. The van der Waals surface area contributed by atoms with Crippen LogP contribution in [0.5, 0.6) is 0 Å². The molecule has 0 bridgehead atoms. The molecular weight excluding hydrogens is 262 g/mol. The predicted molar refractivity (Wildman–Crippen MR) is 86.1 cm³/mol. The van der Waals surface area contributed by atoms with Gasteiger partial charge in [0.1, 0.15) is 6.61 Å². The van der Waals surface area contributed by atoms with Crippen LogP contribution in [-0.4, -0.2) is 38.1 Å². The van der Waals surface area contributed by atoms with Crippen LogP contribution in [0.1, 0.15) is 59.3 Å². The molecule has 0 heterocycles. The molecule has 0 aromatic heterocycles. The summed E-state index contributed by atoms with van der Waals surface area (Å²) in [6.07, 6.45) is 7.27. The van der Waals surface area contributed by atoms with Gasteiger partial charge in [0.25, 0.3) is 0 Å². The fourth-order valence-electron chi connectivity index (χ4n) is 4.30. The summed E-state index contributed by atoms with van der Waals surface area (Å²) in [5.41, 5.74) is 0.678. The number of carbonyl (C=O) groups is 1. The summed E-state index contributed by atoms with van der Waals surface area (Å²) in [6, 6.07) is 0. The first-order valence-electron chi connectivity index (χ1n) is 8.68. The minimum atomic E-state index is 0.0716. The molecule has 3 nitrogen and oxygen atoms in total. The van der Waals surface area contributed by atoms with Crippen molar-refractivity contribution in [1.82, 2.24) is 4.90 Å². The molecular formula is C18H33NO2. The van der Waals surface area contributed by atoms with Crippen molar-refractivity contribution in [3.8, 4) is 0 Å². The topological polar surface area (TPSA) is 29.5 Å². The van der Waals surface area contributed by atoms with E-state index in [1.54, 1.807) is 0 Å². The Bertz CT molecular complexity index is 375. The van der Waals surface area contributed by atoms with E-state index in [1.807, 2.05) is 14.1 Å². The molecule has 2 aliphatic carbocycles. The number of carbonyl (C=O) groups excluding carboxylic acids is 1. The Morgan fingerprint density at radius 1 is 1.33 bits per heavy atom. The molecule has 2 saturated carbocycles. The molecule has 21 heavy (non-hydrogen) atoms. The van der Waals surface area contributed by atoms with Crippen LogP contribution in [0.4, 0.5) is 0 Å². The Balaban J connectivity index is 1.94. The highest BCUT2D eigenvalue weighted by Crippen LogP contribution is 2.69. The van der Waals surface area contributed by atoms with Crippen molar-refractivity contribution in [2.45, 2.75) is 59.3 Å². The molecule has 0 spiro atoms. The Labute approximate surface area is 130 Å². The third-order valence-corrected chi connectivity index (χ3v) is 6.52. The molecule has 0 N–H and O–H groups in total. The van der Waals surface area contributed by atoms with Gasteiger partial charge in [0.05, 0.1) is 5.92 Å². The monoisotopic (exact) mass is 295 g/mol. The quantitative estimate of drug-likeness (QED) is 0.639. The highest BCUT2D eigenvalue weighted by atomic mass is 16.5. The van der Waals surface area contributed by atoms with Crippen molar-refractivity contribution in [2.24, 2.45) is 22.7 Å². The Morgan fingerprint density at radius 3 is 2.43 bits per heavy atom. The third kappa shape index (κ3) is 3.13. The Hall–Kier alpha value is -0.570. The predicted octanol–water partition coefficient (Wildman–Crippen LogP) is 3.72. The number of rotatable bonds is 8. The van der Waals surface area contributed by atoms with Gasteiger partial charge in [0, 0.05) is 6.54 Å². The van der Waals surface area contributed by atoms with Gasteiger partial charge in [-0.05, 0) is 56.5 Å². The van der Waals surface area contributed by atoms with Gasteiger partial charge >= 0.3 is 5.97 Å². The molecule has 0 saturated heterocycles. The molecule has 0 aromatic carbocycles. The zero-order valence-corrected chi connectivity index (χ0v) is 14.6. The number of nitrogens with zero attached hydrogens (tertiary/aromatic N) is 1. The van der Waals surface area contributed by atoms with Crippen molar-refractivity contribution < 1.29 is 9.53 Å².